The van der Waals surface area contributed by atoms with Crippen LogP contribution in [0.1, 0.15) is 17.4 Å². The van der Waals surface area contributed by atoms with Crippen molar-refractivity contribution in [2.24, 2.45) is 0 Å². The minimum atomic E-state index is -0.0644. The van der Waals surface area contributed by atoms with Crippen LogP contribution in [0, 0.1) is 3.70 Å². The number of halogens is 2. The third-order valence-electron chi connectivity index (χ3n) is 1.12. The second-order valence-electron chi connectivity index (χ2n) is 2.05. The number of hydrogen-bond acceptors (Lipinski definition) is 2. The molecule has 1 heterocycles. The van der Waals surface area contributed by atoms with Crippen LogP contribution in [0.25, 0.3) is 0 Å². The molecule has 0 aliphatic carbocycles. The Hall–Kier alpha value is -0.160. The van der Waals surface area contributed by atoms with Crippen molar-refractivity contribution in [2.75, 3.05) is 0 Å². The van der Waals surface area contributed by atoms with Crippen LogP contribution < -0.4 is 0 Å². The molecule has 0 bridgehead atoms. The van der Waals surface area contributed by atoms with Crippen LogP contribution in [0.15, 0.2) is 12.1 Å². The first kappa shape index (κ1) is 8.93. The molecule has 0 saturated carbocycles. The van der Waals surface area contributed by atoms with Crippen molar-refractivity contribution in [3.05, 3.63) is 26.5 Å². The van der Waals surface area contributed by atoms with Crippen LogP contribution in [0.2, 0.25) is 5.02 Å². The highest BCUT2D eigenvalue weighted by molar-refractivity contribution is 14.1. The number of pyridine rings is 1. The van der Waals surface area contributed by atoms with Gasteiger partial charge in [-0.3, -0.25) is 4.79 Å². The lowest BCUT2D eigenvalue weighted by Crippen LogP contribution is -1.97. The summed E-state index contributed by atoms with van der Waals surface area (Å²) in [6, 6.07) is 3.26. The molecular weight excluding hydrogens is 276 g/mol. The number of aromatic nitrogens is 1. The van der Waals surface area contributed by atoms with Crippen LogP contribution in [0.4, 0.5) is 0 Å². The molecule has 11 heavy (non-hydrogen) atoms. The summed E-state index contributed by atoms with van der Waals surface area (Å²) in [5, 5.41) is 0.551. The van der Waals surface area contributed by atoms with Gasteiger partial charge in [0, 0.05) is 11.9 Å². The third kappa shape index (κ3) is 2.41. The van der Waals surface area contributed by atoms with E-state index in [2.05, 4.69) is 4.98 Å². The average molecular weight is 281 g/mol. The molecule has 0 fully saturated rings. The summed E-state index contributed by atoms with van der Waals surface area (Å²) in [6.45, 7) is 1.47. The monoisotopic (exact) mass is 281 g/mol. The van der Waals surface area contributed by atoms with Crippen molar-refractivity contribution in [1.29, 1.82) is 0 Å². The van der Waals surface area contributed by atoms with Gasteiger partial charge in [0.05, 0.1) is 0 Å². The van der Waals surface area contributed by atoms with E-state index in [0.717, 1.165) is 3.70 Å². The zero-order chi connectivity index (χ0) is 8.43. The number of ketones is 1. The molecule has 0 N–H and O–H groups in total. The number of carbonyl (C=O) groups is 1. The highest BCUT2D eigenvalue weighted by atomic mass is 127. The molecule has 0 aliphatic heterocycles. The third-order valence-corrected chi connectivity index (χ3v) is 1.89. The van der Waals surface area contributed by atoms with Crippen molar-refractivity contribution in [1.82, 2.24) is 4.98 Å². The fourth-order valence-corrected chi connectivity index (χ4v) is 1.63. The Labute approximate surface area is 83.1 Å². The Morgan fingerprint density at radius 2 is 2.27 bits per heavy atom. The van der Waals surface area contributed by atoms with E-state index in [1.54, 1.807) is 12.1 Å². The quantitative estimate of drug-likeness (QED) is 0.450. The molecule has 1 aromatic rings. The first-order valence-electron chi connectivity index (χ1n) is 2.93. The van der Waals surface area contributed by atoms with E-state index in [9.17, 15) is 4.79 Å². The summed E-state index contributed by atoms with van der Waals surface area (Å²) >= 11 is 7.71. The van der Waals surface area contributed by atoms with Crippen molar-refractivity contribution < 1.29 is 4.79 Å². The van der Waals surface area contributed by atoms with Gasteiger partial charge in [-0.15, -0.1) is 0 Å². The summed E-state index contributed by atoms with van der Waals surface area (Å²) in [7, 11) is 0. The number of hydrogen-bond donors (Lipinski definition) is 0. The van der Waals surface area contributed by atoms with Crippen molar-refractivity contribution in [2.45, 2.75) is 6.92 Å². The van der Waals surface area contributed by atoms with Gasteiger partial charge in [-0.1, -0.05) is 11.6 Å². The molecule has 0 aromatic carbocycles. The molecule has 0 aliphatic rings. The lowest BCUT2D eigenvalue weighted by atomic mass is 10.3. The highest BCUT2D eigenvalue weighted by Crippen LogP contribution is 2.13. The second kappa shape index (κ2) is 3.49. The SMILES string of the molecule is CC(=O)c1cc(Cl)cc(I)n1. The maximum absolute atomic E-state index is 10.8. The minimum absolute atomic E-state index is 0.0644. The molecule has 4 heteroatoms. The molecule has 1 aromatic heterocycles. The largest absolute Gasteiger partial charge is 0.293 e. The Morgan fingerprint density at radius 1 is 1.64 bits per heavy atom. The molecule has 1 rings (SSSR count). The van der Waals surface area contributed by atoms with Gasteiger partial charge < -0.3 is 0 Å². The second-order valence-corrected chi connectivity index (χ2v) is 3.59. The fourth-order valence-electron chi connectivity index (χ4n) is 0.646. The van der Waals surface area contributed by atoms with Crippen molar-refractivity contribution >= 4 is 40.0 Å². The summed E-state index contributed by atoms with van der Waals surface area (Å²) in [5.74, 6) is -0.0644. The first-order valence-corrected chi connectivity index (χ1v) is 4.39. The van der Waals surface area contributed by atoms with Crippen molar-refractivity contribution in [3.8, 4) is 0 Å². The summed E-state index contributed by atoms with van der Waals surface area (Å²) in [5.41, 5.74) is 0.418. The molecule has 0 amide bonds. The minimum Gasteiger partial charge on any atom is -0.293 e. The molecule has 0 atom stereocenters. The van der Waals surface area contributed by atoms with Gasteiger partial charge in [-0.25, -0.2) is 4.98 Å². The number of rotatable bonds is 1. The standard InChI is InChI=1S/C7H5ClINO/c1-4(11)6-2-5(8)3-7(9)10-6/h2-3H,1H3. The molecule has 58 valence electrons. The zero-order valence-corrected chi connectivity index (χ0v) is 8.68. The van der Waals surface area contributed by atoms with Crippen LogP contribution in [-0.2, 0) is 0 Å². The lowest BCUT2D eigenvalue weighted by molar-refractivity contribution is 0.101. The summed E-state index contributed by atoms with van der Waals surface area (Å²) in [4.78, 5) is 14.8. The molecule has 2 nitrogen and oxygen atoms in total. The van der Waals surface area contributed by atoms with Crippen LogP contribution in [-0.4, -0.2) is 10.8 Å². The van der Waals surface area contributed by atoms with E-state index in [0.29, 0.717) is 10.7 Å². The lowest BCUT2D eigenvalue weighted by Gasteiger charge is -1.96. The fraction of sp³-hybridized carbons (Fsp3) is 0.143. The Bertz CT molecular complexity index is 280. The molecule has 0 unspecified atom stereocenters. The van der Waals surface area contributed by atoms with Gasteiger partial charge in [0.2, 0.25) is 0 Å². The maximum Gasteiger partial charge on any atom is 0.178 e. The van der Waals surface area contributed by atoms with Gasteiger partial charge in [-0.05, 0) is 34.7 Å². The van der Waals surface area contributed by atoms with E-state index in [4.69, 9.17) is 11.6 Å². The molecule has 0 spiro atoms. The van der Waals surface area contributed by atoms with Gasteiger partial charge in [-0.2, -0.15) is 0 Å². The molecule has 0 radical (unpaired) electrons. The van der Waals surface area contributed by atoms with Gasteiger partial charge in [0.1, 0.15) is 9.39 Å². The highest BCUT2D eigenvalue weighted by Gasteiger charge is 2.02. The predicted molar refractivity (Wildman–Crippen MR) is 52.0 cm³/mol. The summed E-state index contributed by atoms with van der Waals surface area (Å²) in [6.07, 6.45) is 0. The topological polar surface area (TPSA) is 30.0 Å². The van der Waals surface area contributed by atoms with Gasteiger partial charge in [0.15, 0.2) is 5.78 Å². The Morgan fingerprint density at radius 3 is 2.73 bits per heavy atom. The Kier molecular flexibility index (Phi) is 2.84. The van der Waals surface area contributed by atoms with E-state index >= 15 is 0 Å². The van der Waals surface area contributed by atoms with E-state index < -0.39 is 0 Å². The molecular formula is C7H5ClINO. The van der Waals surface area contributed by atoms with Crippen LogP contribution in [0.3, 0.4) is 0 Å². The normalized spacial score (nSPS) is 9.73. The van der Waals surface area contributed by atoms with Crippen LogP contribution >= 0.6 is 34.2 Å². The van der Waals surface area contributed by atoms with Gasteiger partial charge in [0.25, 0.3) is 0 Å². The first-order chi connectivity index (χ1) is 5.09. The van der Waals surface area contributed by atoms with E-state index in [-0.39, 0.29) is 5.78 Å². The number of Topliss-reactive ketones (excluding diaryl/α,β-unsaturated/α-hetero) is 1. The zero-order valence-electron chi connectivity index (χ0n) is 5.77. The summed E-state index contributed by atoms with van der Waals surface area (Å²) < 4.78 is 0.736. The predicted octanol–water partition coefficient (Wildman–Crippen LogP) is 2.54. The Balaban J connectivity index is 3.19. The molecule has 0 saturated heterocycles. The van der Waals surface area contributed by atoms with Crippen LogP contribution in [0.5, 0.6) is 0 Å². The smallest absolute Gasteiger partial charge is 0.178 e. The van der Waals surface area contributed by atoms with E-state index in [1.807, 2.05) is 22.6 Å². The van der Waals surface area contributed by atoms with Crippen molar-refractivity contribution in [3.63, 3.8) is 0 Å². The maximum atomic E-state index is 10.8. The number of carbonyl (C=O) groups excluding carboxylic acids is 1. The number of nitrogens with zero attached hydrogens (tertiary/aromatic N) is 1. The van der Waals surface area contributed by atoms with E-state index in [1.165, 1.54) is 6.92 Å². The average Bonchev–Trinajstić information content (AvgIpc) is 1.85. The van der Waals surface area contributed by atoms with Gasteiger partial charge >= 0.3 is 0 Å².